The van der Waals surface area contributed by atoms with E-state index in [9.17, 15) is 4.79 Å². The van der Waals surface area contributed by atoms with Gasteiger partial charge in [0.15, 0.2) is 5.82 Å². The van der Waals surface area contributed by atoms with Gasteiger partial charge < -0.3 is 29.2 Å². The number of carbonyl (C=O) groups excluding carboxylic acids is 1. The van der Waals surface area contributed by atoms with Crippen molar-refractivity contribution < 1.29 is 14.3 Å². The molecule has 8 nitrogen and oxygen atoms in total. The second-order valence-electron chi connectivity index (χ2n) is 10.7. The Balaban J connectivity index is 1.34. The van der Waals surface area contributed by atoms with Crippen LogP contribution in [0.4, 0.5) is 0 Å². The van der Waals surface area contributed by atoms with Crippen molar-refractivity contribution >= 4 is 27.8 Å². The Morgan fingerprint density at radius 1 is 1.05 bits per heavy atom. The first-order chi connectivity index (χ1) is 18.2. The van der Waals surface area contributed by atoms with Crippen LogP contribution in [0.1, 0.15) is 36.0 Å². The van der Waals surface area contributed by atoms with Crippen LogP contribution in [-0.2, 0) is 17.8 Å². The number of nitrogens with two attached hydrogens (primary N) is 1. The molecular formula is C29H33N5O3. The number of carbonyl (C=O) groups is 1. The van der Waals surface area contributed by atoms with E-state index in [1.54, 1.807) is 0 Å². The van der Waals surface area contributed by atoms with Crippen LogP contribution in [0.5, 0.6) is 5.75 Å². The Bertz CT molecular complexity index is 1480. The van der Waals surface area contributed by atoms with Crippen molar-refractivity contribution in [2.24, 2.45) is 11.7 Å². The van der Waals surface area contributed by atoms with Gasteiger partial charge in [0.25, 0.3) is 5.91 Å². The fourth-order valence-corrected chi connectivity index (χ4v) is 6.28. The van der Waals surface area contributed by atoms with Gasteiger partial charge in [0, 0.05) is 55.4 Å². The third-order valence-electron chi connectivity index (χ3n) is 8.19. The van der Waals surface area contributed by atoms with Gasteiger partial charge in [0.2, 0.25) is 0 Å². The van der Waals surface area contributed by atoms with Gasteiger partial charge in [-0.25, -0.2) is 4.98 Å². The molecule has 0 bridgehead atoms. The van der Waals surface area contributed by atoms with Crippen LogP contribution in [0.25, 0.3) is 33.5 Å². The Hall–Kier alpha value is -3.36. The monoisotopic (exact) mass is 499 g/mol. The van der Waals surface area contributed by atoms with Crippen molar-refractivity contribution in [2.75, 3.05) is 32.9 Å². The van der Waals surface area contributed by atoms with E-state index < -0.39 is 0 Å². The summed E-state index contributed by atoms with van der Waals surface area (Å²) in [6.07, 6.45) is 4.06. The largest absolute Gasteiger partial charge is 0.489 e. The highest BCUT2D eigenvalue weighted by atomic mass is 16.5. The van der Waals surface area contributed by atoms with E-state index >= 15 is 0 Å². The summed E-state index contributed by atoms with van der Waals surface area (Å²) in [6, 6.07) is 14.7. The molecule has 8 heteroatoms. The number of hydrogen-bond acceptors (Lipinski definition) is 5. The van der Waals surface area contributed by atoms with Crippen LogP contribution in [0.15, 0.2) is 42.5 Å². The molecule has 5 heterocycles. The molecule has 7 rings (SSSR count). The van der Waals surface area contributed by atoms with E-state index in [2.05, 4.69) is 39.5 Å². The van der Waals surface area contributed by atoms with Crippen LogP contribution in [0.3, 0.4) is 0 Å². The Labute approximate surface area is 215 Å². The number of likely N-dealkylation sites (tertiary alicyclic amines) is 1. The Morgan fingerprint density at radius 2 is 1.92 bits per heavy atom. The Kier molecular flexibility index (Phi) is 5.66. The van der Waals surface area contributed by atoms with Crippen molar-refractivity contribution in [3.05, 3.63) is 48.0 Å². The van der Waals surface area contributed by atoms with Crippen molar-refractivity contribution in [3.8, 4) is 17.3 Å². The highest BCUT2D eigenvalue weighted by Gasteiger charge is 2.28. The second-order valence-corrected chi connectivity index (χ2v) is 10.7. The van der Waals surface area contributed by atoms with Gasteiger partial charge in [-0.2, -0.15) is 0 Å². The summed E-state index contributed by atoms with van der Waals surface area (Å²) in [5.74, 6) is 2.26. The molecule has 2 saturated heterocycles. The van der Waals surface area contributed by atoms with Gasteiger partial charge in [0.1, 0.15) is 17.9 Å². The molecule has 0 saturated carbocycles. The molecule has 2 aromatic heterocycles. The van der Waals surface area contributed by atoms with E-state index in [0.717, 1.165) is 86.8 Å². The summed E-state index contributed by atoms with van der Waals surface area (Å²) in [6.45, 7) is 5.22. The van der Waals surface area contributed by atoms with E-state index in [4.69, 9.17) is 20.2 Å². The smallest absolute Gasteiger partial charge is 0.254 e. The van der Waals surface area contributed by atoms with E-state index in [-0.39, 0.29) is 11.9 Å². The second kappa shape index (κ2) is 9.19. The molecule has 2 fully saturated rings. The van der Waals surface area contributed by atoms with Crippen LogP contribution in [-0.4, -0.2) is 63.9 Å². The summed E-state index contributed by atoms with van der Waals surface area (Å²) in [5.41, 5.74) is 10.9. The van der Waals surface area contributed by atoms with Crippen molar-refractivity contribution in [1.29, 1.82) is 0 Å². The van der Waals surface area contributed by atoms with E-state index in [1.807, 2.05) is 17.0 Å². The van der Waals surface area contributed by atoms with Gasteiger partial charge in [-0.15, -0.1) is 0 Å². The van der Waals surface area contributed by atoms with Crippen LogP contribution < -0.4 is 10.5 Å². The first kappa shape index (κ1) is 22.8. The Morgan fingerprint density at radius 3 is 2.78 bits per heavy atom. The lowest BCUT2D eigenvalue weighted by atomic mass is 10.0. The SMILES string of the molecule is N[C@@H]1CCCN(C(=O)c2cc3c4c(c2)nc(-c2cc5ccccc5n2CC2CCOCC2)n4CCO3)C1. The standard InChI is InChI=1S/C29H33N5O3/c30-22-5-3-9-32(18-22)29(35)21-14-23-27-26(16-21)37-13-10-33(27)28(31-23)25-15-20-4-1-2-6-24(20)34(25)17-19-7-11-36-12-8-19/h1-2,4,6,14-16,19,22H,3,5,7-13,17-18,30H2/t22-/m1/s1. The highest BCUT2D eigenvalue weighted by Crippen LogP contribution is 2.37. The first-order valence-electron chi connectivity index (χ1n) is 13.5. The average Bonchev–Trinajstić information content (AvgIpc) is 3.48. The van der Waals surface area contributed by atoms with Crippen molar-refractivity contribution in [2.45, 2.75) is 44.8 Å². The number of amides is 1. The molecule has 37 heavy (non-hydrogen) atoms. The lowest BCUT2D eigenvalue weighted by molar-refractivity contribution is 0.0617. The first-order valence-corrected chi connectivity index (χ1v) is 13.5. The number of para-hydroxylation sites is 1. The van der Waals surface area contributed by atoms with Gasteiger partial charge in [-0.05, 0) is 55.9 Å². The van der Waals surface area contributed by atoms with Crippen LogP contribution in [0.2, 0.25) is 0 Å². The number of rotatable bonds is 4. The quantitative estimate of drug-likeness (QED) is 0.458. The summed E-state index contributed by atoms with van der Waals surface area (Å²) in [4.78, 5) is 20.4. The molecule has 0 spiro atoms. The molecule has 2 aromatic carbocycles. The number of nitrogens with zero attached hydrogens (tertiary/aromatic N) is 4. The average molecular weight is 500 g/mol. The summed E-state index contributed by atoms with van der Waals surface area (Å²) < 4.78 is 16.4. The zero-order valence-corrected chi connectivity index (χ0v) is 21.1. The number of imidazole rings is 1. The maximum Gasteiger partial charge on any atom is 0.254 e. The number of hydrogen-bond donors (Lipinski definition) is 1. The highest BCUT2D eigenvalue weighted by molar-refractivity contribution is 6.00. The topological polar surface area (TPSA) is 87.5 Å². The van der Waals surface area contributed by atoms with Crippen molar-refractivity contribution in [3.63, 3.8) is 0 Å². The van der Waals surface area contributed by atoms with Gasteiger partial charge >= 0.3 is 0 Å². The predicted octanol–water partition coefficient (Wildman–Crippen LogP) is 4.04. The fourth-order valence-electron chi connectivity index (χ4n) is 6.28. The molecule has 192 valence electrons. The van der Waals surface area contributed by atoms with Gasteiger partial charge in [-0.3, -0.25) is 4.79 Å². The summed E-state index contributed by atoms with van der Waals surface area (Å²) >= 11 is 0. The molecule has 0 radical (unpaired) electrons. The minimum atomic E-state index is 0.00667. The van der Waals surface area contributed by atoms with Crippen LogP contribution in [0, 0.1) is 5.92 Å². The third-order valence-corrected chi connectivity index (χ3v) is 8.19. The van der Waals surface area contributed by atoms with E-state index in [1.165, 1.54) is 10.9 Å². The normalized spacial score (nSPS) is 20.5. The van der Waals surface area contributed by atoms with Crippen molar-refractivity contribution in [1.82, 2.24) is 19.0 Å². The lowest BCUT2D eigenvalue weighted by Gasteiger charge is -2.31. The number of ether oxygens (including phenoxy) is 2. The van der Waals surface area contributed by atoms with Crippen LogP contribution >= 0.6 is 0 Å². The lowest BCUT2D eigenvalue weighted by Crippen LogP contribution is -2.45. The molecular weight excluding hydrogens is 466 g/mol. The zero-order chi connectivity index (χ0) is 24.9. The molecule has 3 aliphatic heterocycles. The maximum absolute atomic E-state index is 13.4. The maximum atomic E-state index is 13.4. The molecule has 1 atom stereocenters. The molecule has 3 aliphatic rings. The minimum Gasteiger partial charge on any atom is -0.489 e. The number of fused-ring (bicyclic) bond motifs is 1. The molecule has 0 unspecified atom stereocenters. The number of aromatic nitrogens is 3. The zero-order valence-electron chi connectivity index (χ0n) is 21.1. The molecule has 2 N–H and O–H groups in total. The minimum absolute atomic E-state index is 0.00667. The summed E-state index contributed by atoms with van der Waals surface area (Å²) in [7, 11) is 0. The third kappa shape index (κ3) is 3.99. The predicted molar refractivity (Wildman–Crippen MR) is 143 cm³/mol. The van der Waals surface area contributed by atoms with Gasteiger partial charge in [-0.1, -0.05) is 18.2 Å². The molecule has 1 amide bonds. The van der Waals surface area contributed by atoms with E-state index in [0.29, 0.717) is 24.6 Å². The number of benzene rings is 2. The van der Waals surface area contributed by atoms with Gasteiger partial charge in [0.05, 0.1) is 17.8 Å². The molecule has 4 aromatic rings. The summed E-state index contributed by atoms with van der Waals surface area (Å²) in [5, 5.41) is 1.22. The fraction of sp³-hybridized carbons (Fsp3) is 0.448. The number of piperidine rings is 1. The molecule has 0 aliphatic carbocycles.